The van der Waals surface area contributed by atoms with Crippen molar-refractivity contribution in [3.63, 3.8) is 0 Å². The monoisotopic (exact) mass is 295 g/mol. The van der Waals surface area contributed by atoms with Gasteiger partial charge in [-0.25, -0.2) is 0 Å². The van der Waals surface area contributed by atoms with Crippen LogP contribution in [0.2, 0.25) is 0 Å². The van der Waals surface area contributed by atoms with E-state index in [9.17, 15) is 9.59 Å². The zero-order valence-corrected chi connectivity index (χ0v) is 12.8. The molecule has 0 saturated heterocycles. The first-order valence-electron chi connectivity index (χ1n) is 7.09. The lowest BCUT2D eigenvalue weighted by Gasteiger charge is -2.18. The number of fused-ring (bicyclic) bond motifs is 1. The smallest absolute Gasteiger partial charge is 0.306 e. The lowest BCUT2D eigenvalue weighted by atomic mass is 9.88. The molecule has 0 fully saturated rings. The highest BCUT2D eigenvalue weighted by Gasteiger charge is 2.23. The fraction of sp³-hybridized carbons (Fsp3) is 0.600. The zero-order chi connectivity index (χ0) is 14.7. The Labute approximate surface area is 123 Å². The third kappa shape index (κ3) is 3.39. The van der Waals surface area contributed by atoms with Gasteiger partial charge in [0.25, 0.3) is 5.91 Å². The minimum Gasteiger partial charge on any atom is -0.481 e. The molecule has 2 atom stereocenters. The van der Waals surface area contributed by atoms with Crippen molar-refractivity contribution in [2.45, 2.75) is 39.5 Å². The van der Waals surface area contributed by atoms with Crippen molar-refractivity contribution in [1.29, 1.82) is 0 Å². The summed E-state index contributed by atoms with van der Waals surface area (Å²) < 4.78 is 0. The van der Waals surface area contributed by atoms with Crippen LogP contribution in [0, 0.1) is 11.8 Å². The van der Waals surface area contributed by atoms with Gasteiger partial charge in [0.1, 0.15) is 0 Å². The highest BCUT2D eigenvalue weighted by atomic mass is 32.1. The fourth-order valence-electron chi connectivity index (χ4n) is 2.49. The second-order valence-corrected chi connectivity index (χ2v) is 6.65. The molecule has 0 spiro atoms. The van der Waals surface area contributed by atoms with Gasteiger partial charge in [-0.15, -0.1) is 11.3 Å². The van der Waals surface area contributed by atoms with Crippen LogP contribution in [-0.2, 0) is 17.6 Å². The predicted molar refractivity (Wildman–Crippen MR) is 79.3 cm³/mol. The van der Waals surface area contributed by atoms with E-state index in [-0.39, 0.29) is 5.91 Å². The Morgan fingerprint density at radius 2 is 2.30 bits per heavy atom. The van der Waals surface area contributed by atoms with Crippen LogP contribution in [0.1, 0.15) is 47.5 Å². The van der Waals surface area contributed by atoms with Crippen LogP contribution < -0.4 is 5.32 Å². The molecule has 0 aliphatic heterocycles. The predicted octanol–water partition coefficient (Wildman–Crippen LogP) is 2.71. The molecule has 1 aromatic heterocycles. The molecular weight excluding hydrogens is 274 g/mol. The molecule has 5 heteroatoms. The molecule has 0 radical (unpaired) electrons. The minimum absolute atomic E-state index is 0.0605. The normalized spacial score (nSPS) is 19.2. The van der Waals surface area contributed by atoms with Gasteiger partial charge < -0.3 is 10.4 Å². The maximum Gasteiger partial charge on any atom is 0.306 e. The first-order chi connectivity index (χ1) is 9.49. The highest BCUT2D eigenvalue weighted by Crippen LogP contribution is 2.32. The molecule has 110 valence electrons. The molecule has 0 bridgehead atoms. The summed E-state index contributed by atoms with van der Waals surface area (Å²) in [6, 6.07) is 0. The SMILES string of the molecule is CC1CCc2c(C(=O)NCCC(C)C(=O)O)csc2C1. The Morgan fingerprint density at radius 3 is 3.00 bits per heavy atom. The third-order valence-corrected chi connectivity index (χ3v) is 4.98. The number of rotatable bonds is 5. The number of carbonyl (C=O) groups excluding carboxylic acids is 1. The van der Waals surface area contributed by atoms with Gasteiger partial charge in [-0.3, -0.25) is 9.59 Å². The van der Waals surface area contributed by atoms with Crippen molar-refractivity contribution in [1.82, 2.24) is 5.32 Å². The standard InChI is InChI=1S/C15H21NO3S/c1-9-3-4-11-12(8-20-13(11)7-9)14(17)16-6-5-10(2)15(18)19/h8-10H,3-7H2,1-2H3,(H,16,17)(H,18,19). The molecule has 1 amide bonds. The van der Waals surface area contributed by atoms with Gasteiger partial charge in [-0.05, 0) is 37.2 Å². The lowest BCUT2D eigenvalue weighted by molar-refractivity contribution is -0.141. The molecule has 1 aliphatic carbocycles. The van der Waals surface area contributed by atoms with Crippen molar-refractivity contribution in [2.24, 2.45) is 11.8 Å². The topological polar surface area (TPSA) is 66.4 Å². The van der Waals surface area contributed by atoms with Gasteiger partial charge in [-0.1, -0.05) is 13.8 Å². The summed E-state index contributed by atoms with van der Waals surface area (Å²) in [4.78, 5) is 24.2. The Morgan fingerprint density at radius 1 is 1.55 bits per heavy atom. The first-order valence-corrected chi connectivity index (χ1v) is 7.97. The number of amides is 1. The van der Waals surface area contributed by atoms with Gasteiger partial charge in [-0.2, -0.15) is 0 Å². The molecule has 1 aliphatic rings. The molecule has 2 N–H and O–H groups in total. The van der Waals surface area contributed by atoms with E-state index >= 15 is 0 Å². The first kappa shape index (κ1) is 15.0. The van der Waals surface area contributed by atoms with E-state index in [1.807, 2.05) is 5.38 Å². The molecule has 0 aromatic carbocycles. The number of nitrogens with one attached hydrogen (secondary N) is 1. The van der Waals surface area contributed by atoms with E-state index in [1.54, 1.807) is 18.3 Å². The van der Waals surface area contributed by atoms with Crippen LogP contribution in [0.3, 0.4) is 0 Å². The third-order valence-electron chi connectivity index (χ3n) is 3.93. The van der Waals surface area contributed by atoms with E-state index in [0.717, 1.165) is 24.8 Å². The van der Waals surface area contributed by atoms with Crippen LogP contribution >= 0.6 is 11.3 Å². The molecule has 1 heterocycles. The van der Waals surface area contributed by atoms with E-state index in [4.69, 9.17) is 5.11 Å². The van der Waals surface area contributed by atoms with Gasteiger partial charge in [0.2, 0.25) is 0 Å². The van der Waals surface area contributed by atoms with Crippen molar-refractivity contribution >= 4 is 23.2 Å². The van der Waals surface area contributed by atoms with Crippen molar-refractivity contribution in [2.75, 3.05) is 6.54 Å². The van der Waals surface area contributed by atoms with Gasteiger partial charge in [0.05, 0.1) is 11.5 Å². The number of thiophene rings is 1. The van der Waals surface area contributed by atoms with Gasteiger partial charge in [0.15, 0.2) is 0 Å². The molecule has 2 unspecified atom stereocenters. The van der Waals surface area contributed by atoms with Crippen LogP contribution in [0.25, 0.3) is 0 Å². The number of carboxylic acid groups (broad SMARTS) is 1. The average molecular weight is 295 g/mol. The highest BCUT2D eigenvalue weighted by molar-refractivity contribution is 7.10. The fourth-order valence-corrected chi connectivity index (χ4v) is 3.73. The van der Waals surface area contributed by atoms with Crippen LogP contribution in [-0.4, -0.2) is 23.5 Å². The maximum atomic E-state index is 12.2. The summed E-state index contributed by atoms with van der Waals surface area (Å²) >= 11 is 1.67. The molecular formula is C15H21NO3S. The molecule has 4 nitrogen and oxygen atoms in total. The summed E-state index contributed by atoms with van der Waals surface area (Å²) in [5.74, 6) is -0.600. The molecule has 20 heavy (non-hydrogen) atoms. The number of hydrogen-bond donors (Lipinski definition) is 2. The average Bonchev–Trinajstić information content (AvgIpc) is 2.81. The minimum atomic E-state index is -0.818. The maximum absolute atomic E-state index is 12.2. The van der Waals surface area contributed by atoms with Crippen LogP contribution in [0.5, 0.6) is 0 Å². The van der Waals surface area contributed by atoms with Crippen molar-refractivity contribution in [3.8, 4) is 0 Å². The molecule has 2 rings (SSSR count). The Balaban J connectivity index is 1.92. The second kappa shape index (κ2) is 6.39. The van der Waals surface area contributed by atoms with E-state index in [2.05, 4.69) is 12.2 Å². The lowest BCUT2D eigenvalue weighted by Crippen LogP contribution is -2.28. The van der Waals surface area contributed by atoms with E-state index in [1.165, 1.54) is 10.4 Å². The summed E-state index contributed by atoms with van der Waals surface area (Å²) in [6.45, 7) is 4.31. The Kier molecular flexibility index (Phi) is 4.81. The largest absolute Gasteiger partial charge is 0.481 e. The van der Waals surface area contributed by atoms with Crippen molar-refractivity contribution < 1.29 is 14.7 Å². The van der Waals surface area contributed by atoms with Crippen LogP contribution in [0.4, 0.5) is 0 Å². The molecule has 0 saturated carbocycles. The van der Waals surface area contributed by atoms with E-state index < -0.39 is 11.9 Å². The number of aliphatic carboxylic acids is 1. The van der Waals surface area contributed by atoms with Crippen molar-refractivity contribution in [3.05, 3.63) is 21.4 Å². The van der Waals surface area contributed by atoms with Gasteiger partial charge in [0, 0.05) is 16.8 Å². The number of carboxylic acids is 1. The quantitative estimate of drug-likeness (QED) is 0.877. The summed E-state index contributed by atoms with van der Waals surface area (Å²) in [5.41, 5.74) is 2.00. The number of carbonyl (C=O) groups is 2. The summed E-state index contributed by atoms with van der Waals surface area (Å²) in [5, 5.41) is 13.6. The summed E-state index contributed by atoms with van der Waals surface area (Å²) in [7, 11) is 0. The summed E-state index contributed by atoms with van der Waals surface area (Å²) in [6.07, 6.45) is 3.65. The van der Waals surface area contributed by atoms with E-state index in [0.29, 0.717) is 18.9 Å². The Bertz CT molecular complexity index is 509. The Hall–Kier alpha value is -1.36. The zero-order valence-electron chi connectivity index (χ0n) is 11.9. The molecule has 1 aromatic rings. The number of hydrogen-bond acceptors (Lipinski definition) is 3. The van der Waals surface area contributed by atoms with Gasteiger partial charge >= 0.3 is 5.97 Å². The second-order valence-electron chi connectivity index (χ2n) is 5.68. The van der Waals surface area contributed by atoms with Crippen LogP contribution in [0.15, 0.2) is 5.38 Å².